The Hall–Kier alpha value is -1.02. The smallest absolute Gasteiger partial charge is 0.0882 e. The van der Waals surface area contributed by atoms with E-state index in [4.69, 9.17) is 11.6 Å². The minimum absolute atomic E-state index is 0.666. The molecule has 0 spiro atoms. The van der Waals surface area contributed by atoms with Crippen LogP contribution in [0.2, 0.25) is 5.02 Å². The summed E-state index contributed by atoms with van der Waals surface area (Å²) in [7, 11) is 0. The summed E-state index contributed by atoms with van der Waals surface area (Å²) in [4.78, 5) is 7.29. The summed E-state index contributed by atoms with van der Waals surface area (Å²) in [5, 5.41) is 0.666. The lowest BCUT2D eigenvalue weighted by atomic mass is 10.4. The molecule has 0 amide bonds. The zero-order valence-corrected chi connectivity index (χ0v) is 6.81. The number of rotatable bonds is 0. The molecule has 0 saturated heterocycles. The summed E-state index contributed by atoms with van der Waals surface area (Å²) in [6.07, 6.45) is 1.65. The Morgan fingerprint density at radius 3 is 3.09 bits per heavy atom. The number of halogens is 1. The van der Waals surface area contributed by atoms with Crippen LogP contribution in [0, 0.1) is 6.92 Å². The fourth-order valence-electron chi connectivity index (χ4n) is 1.12. The molecule has 0 atom stereocenters. The number of hydrogen-bond acceptors (Lipinski definition) is 1. The van der Waals surface area contributed by atoms with Crippen molar-refractivity contribution in [1.82, 2.24) is 9.97 Å². The predicted octanol–water partition coefficient (Wildman–Crippen LogP) is 2.52. The van der Waals surface area contributed by atoms with E-state index >= 15 is 0 Å². The summed E-state index contributed by atoms with van der Waals surface area (Å²) in [5.41, 5.74) is 3.07. The monoisotopic (exact) mass is 166 g/mol. The number of H-pyrrole nitrogens is 1. The molecule has 0 aromatic carbocycles. The van der Waals surface area contributed by atoms with Gasteiger partial charge in [0.25, 0.3) is 0 Å². The highest BCUT2D eigenvalue weighted by Crippen LogP contribution is 2.16. The SMILES string of the molecule is Cc1cc2ncc(Cl)cc2[nH]1. The van der Waals surface area contributed by atoms with Crippen LogP contribution in [0.4, 0.5) is 0 Å². The van der Waals surface area contributed by atoms with Gasteiger partial charge in [-0.05, 0) is 19.1 Å². The van der Waals surface area contributed by atoms with Gasteiger partial charge >= 0.3 is 0 Å². The molecule has 0 aliphatic carbocycles. The topological polar surface area (TPSA) is 28.7 Å². The van der Waals surface area contributed by atoms with Crippen LogP contribution in [-0.4, -0.2) is 9.97 Å². The van der Waals surface area contributed by atoms with E-state index in [2.05, 4.69) is 9.97 Å². The Bertz CT molecular complexity index is 392. The molecule has 0 fully saturated rings. The number of pyridine rings is 1. The maximum absolute atomic E-state index is 5.75. The van der Waals surface area contributed by atoms with Gasteiger partial charge in [0, 0.05) is 11.9 Å². The Labute approximate surface area is 69.2 Å². The third-order valence-electron chi connectivity index (χ3n) is 1.57. The van der Waals surface area contributed by atoms with Gasteiger partial charge in [-0.2, -0.15) is 0 Å². The van der Waals surface area contributed by atoms with Gasteiger partial charge in [-0.1, -0.05) is 11.6 Å². The Morgan fingerprint density at radius 2 is 2.27 bits per heavy atom. The quantitative estimate of drug-likeness (QED) is 0.640. The third-order valence-corrected chi connectivity index (χ3v) is 1.78. The zero-order valence-electron chi connectivity index (χ0n) is 6.06. The highest BCUT2D eigenvalue weighted by molar-refractivity contribution is 6.31. The molecule has 2 rings (SSSR count). The average molecular weight is 167 g/mol. The number of fused-ring (bicyclic) bond motifs is 1. The molecule has 0 radical (unpaired) electrons. The molecule has 56 valence electrons. The van der Waals surface area contributed by atoms with Gasteiger partial charge in [0.05, 0.1) is 16.1 Å². The van der Waals surface area contributed by atoms with Crippen LogP contribution in [0.5, 0.6) is 0 Å². The van der Waals surface area contributed by atoms with Gasteiger partial charge < -0.3 is 4.98 Å². The van der Waals surface area contributed by atoms with Crippen LogP contribution in [0.25, 0.3) is 11.0 Å². The molecule has 0 bridgehead atoms. The van der Waals surface area contributed by atoms with E-state index in [0.29, 0.717) is 5.02 Å². The van der Waals surface area contributed by atoms with Crippen molar-refractivity contribution in [3.8, 4) is 0 Å². The number of aromatic nitrogens is 2. The number of aromatic amines is 1. The summed E-state index contributed by atoms with van der Waals surface area (Å²) in [6.45, 7) is 2.00. The Morgan fingerprint density at radius 1 is 1.45 bits per heavy atom. The normalized spacial score (nSPS) is 10.7. The number of hydrogen-bond donors (Lipinski definition) is 1. The van der Waals surface area contributed by atoms with Crippen molar-refractivity contribution in [2.45, 2.75) is 6.92 Å². The number of nitrogens with one attached hydrogen (secondary N) is 1. The highest BCUT2D eigenvalue weighted by Gasteiger charge is 1.97. The molecule has 2 aromatic rings. The van der Waals surface area contributed by atoms with Crippen molar-refractivity contribution in [1.29, 1.82) is 0 Å². The van der Waals surface area contributed by atoms with Gasteiger partial charge in [0.1, 0.15) is 0 Å². The average Bonchev–Trinajstić information content (AvgIpc) is 2.27. The Balaban J connectivity index is 2.82. The first-order valence-electron chi connectivity index (χ1n) is 3.36. The fraction of sp³-hybridized carbons (Fsp3) is 0.125. The molecule has 0 aliphatic rings. The van der Waals surface area contributed by atoms with E-state index in [1.165, 1.54) is 0 Å². The lowest BCUT2D eigenvalue weighted by Crippen LogP contribution is -1.72. The first-order chi connectivity index (χ1) is 5.25. The zero-order chi connectivity index (χ0) is 7.84. The summed E-state index contributed by atoms with van der Waals surface area (Å²) >= 11 is 5.75. The molecule has 3 heteroatoms. The summed E-state index contributed by atoms with van der Waals surface area (Å²) in [5.74, 6) is 0. The first-order valence-corrected chi connectivity index (χ1v) is 3.74. The van der Waals surface area contributed by atoms with E-state index < -0.39 is 0 Å². The van der Waals surface area contributed by atoms with Crippen molar-refractivity contribution in [3.63, 3.8) is 0 Å². The maximum Gasteiger partial charge on any atom is 0.0882 e. The van der Waals surface area contributed by atoms with Gasteiger partial charge in [0.2, 0.25) is 0 Å². The van der Waals surface area contributed by atoms with Crippen LogP contribution in [-0.2, 0) is 0 Å². The predicted molar refractivity (Wildman–Crippen MR) is 45.8 cm³/mol. The van der Waals surface area contributed by atoms with Gasteiger partial charge in [0.15, 0.2) is 0 Å². The molecule has 2 heterocycles. The standard InChI is InChI=1S/C8H7ClN2/c1-5-2-7-8(11-5)3-6(9)4-10-7/h2-4,11H,1H3. The first kappa shape index (κ1) is 6.68. The summed E-state index contributed by atoms with van der Waals surface area (Å²) < 4.78 is 0. The molecule has 2 nitrogen and oxygen atoms in total. The molecular weight excluding hydrogens is 160 g/mol. The molecule has 1 N–H and O–H groups in total. The molecule has 2 aromatic heterocycles. The van der Waals surface area contributed by atoms with E-state index in [1.54, 1.807) is 6.20 Å². The maximum atomic E-state index is 5.75. The van der Waals surface area contributed by atoms with Gasteiger partial charge in [-0.3, -0.25) is 4.98 Å². The van der Waals surface area contributed by atoms with E-state index in [1.807, 2.05) is 19.1 Å². The van der Waals surface area contributed by atoms with Gasteiger partial charge in [-0.25, -0.2) is 0 Å². The van der Waals surface area contributed by atoms with Crippen LogP contribution >= 0.6 is 11.6 Å². The van der Waals surface area contributed by atoms with Crippen molar-refractivity contribution < 1.29 is 0 Å². The molecule has 11 heavy (non-hydrogen) atoms. The largest absolute Gasteiger partial charge is 0.357 e. The second-order valence-electron chi connectivity index (χ2n) is 2.54. The highest BCUT2D eigenvalue weighted by atomic mass is 35.5. The van der Waals surface area contributed by atoms with Crippen LogP contribution < -0.4 is 0 Å². The van der Waals surface area contributed by atoms with E-state index in [9.17, 15) is 0 Å². The van der Waals surface area contributed by atoms with Crippen LogP contribution in [0.3, 0.4) is 0 Å². The molecule has 0 unspecified atom stereocenters. The van der Waals surface area contributed by atoms with Crippen molar-refractivity contribution >= 4 is 22.6 Å². The van der Waals surface area contributed by atoms with Crippen molar-refractivity contribution in [2.75, 3.05) is 0 Å². The Kier molecular flexibility index (Phi) is 1.36. The van der Waals surface area contributed by atoms with Crippen LogP contribution in [0.1, 0.15) is 5.69 Å². The minimum Gasteiger partial charge on any atom is -0.357 e. The van der Waals surface area contributed by atoms with Crippen LogP contribution in [0.15, 0.2) is 18.3 Å². The molecule has 0 aliphatic heterocycles. The summed E-state index contributed by atoms with van der Waals surface area (Å²) in [6, 6.07) is 3.86. The molecule has 0 saturated carbocycles. The fourth-order valence-corrected chi connectivity index (χ4v) is 1.28. The van der Waals surface area contributed by atoms with Gasteiger partial charge in [-0.15, -0.1) is 0 Å². The number of nitrogens with zero attached hydrogens (tertiary/aromatic N) is 1. The van der Waals surface area contributed by atoms with Crippen molar-refractivity contribution in [3.05, 3.63) is 29.0 Å². The van der Waals surface area contributed by atoms with E-state index in [0.717, 1.165) is 16.7 Å². The number of aryl methyl sites for hydroxylation is 1. The second-order valence-corrected chi connectivity index (χ2v) is 2.98. The lowest BCUT2D eigenvalue weighted by molar-refractivity contribution is 1.30. The second kappa shape index (κ2) is 2.24. The van der Waals surface area contributed by atoms with Crippen molar-refractivity contribution in [2.24, 2.45) is 0 Å². The lowest BCUT2D eigenvalue weighted by Gasteiger charge is -1.88. The van der Waals surface area contributed by atoms with E-state index in [-0.39, 0.29) is 0 Å². The minimum atomic E-state index is 0.666. The molecular formula is C8H7ClN2. The third kappa shape index (κ3) is 1.10.